The van der Waals surface area contributed by atoms with Gasteiger partial charge in [-0.2, -0.15) is 0 Å². The van der Waals surface area contributed by atoms with Crippen molar-refractivity contribution < 1.29 is 0 Å². The van der Waals surface area contributed by atoms with Crippen LogP contribution in [0.2, 0.25) is 0 Å². The molecule has 0 radical (unpaired) electrons. The van der Waals surface area contributed by atoms with Gasteiger partial charge in [-0.15, -0.1) is 0 Å². The third-order valence-corrected chi connectivity index (χ3v) is 3.14. The summed E-state index contributed by atoms with van der Waals surface area (Å²) in [6, 6.07) is 0. The van der Waals surface area contributed by atoms with Crippen LogP contribution < -0.4 is 0 Å². The topological polar surface area (TPSA) is 0 Å². The molecule has 0 fully saturated rings. The van der Waals surface area contributed by atoms with Crippen LogP contribution in [0.3, 0.4) is 0 Å². The summed E-state index contributed by atoms with van der Waals surface area (Å²) in [4.78, 5) is 0. The molecule has 0 saturated carbocycles. The van der Waals surface area contributed by atoms with E-state index in [2.05, 4.69) is 51.2 Å². The monoisotopic (exact) mass is 200 g/mol. The summed E-state index contributed by atoms with van der Waals surface area (Å²) in [5.41, 5.74) is 4.90. The molecule has 0 bridgehead atoms. The van der Waals surface area contributed by atoms with Crippen molar-refractivity contribution in [2.24, 2.45) is 5.41 Å². The highest BCUT2D eigenvalue weighted by Crippen LogP contribution is 2.39. The van der Waals surface area contributed by atoms with E-state index in [0.717, 1.165) is 6.42 Å². The van der Waals surface area contributed by atoms with Gasteiger partial charge in [0.05, 0.1) is 0 Å². The van der Waals surface area contributed by atoms with E-state index in [0.29, 0.717) is 0 Å². The average Bonchev–Trinajstić information content (AvgIpc) is 2.38. The van der Waals surface area contributed by atoms with Crippen LogP contribution in [0.1, 0.15) is 40.0 Å². The highest BCUT2D eigenvalue weighted by Gasteiger charge is 2.23. The lowest BCUT2D eigenvalue weighted by atomic mass is 9.77. The average molecular weight is 200 g/mol. The summed E-state index contributed by atoms with van der Waals surface area (Å²) in [7, 11) is 0. The molecule has 15 heavy (non-hydrogen) atoms. The number of allylic oxidation sites excluding steroid dienone is 8. The maximum absolute atomic E-state index is 2.31. The second-order valence-electron chi connectivity index (χ2n) is 5.41. The van der Waals surface area contributed by atoms with Crippen LogP contribution in [0, 0.1) is 5.41 Å². The van der Waals surface area contributed by atoms with Gasteiger partial charge in [-0.1, -0.05) is 51.2 Å². The van der Waals surface area contributed by atoms with Gasteiger partial charge in [0.2, 0.25) is 0 Å². The molecule has 0 nitrogen and oxygen atoms in total. The first kappa shape index (κ1) is 10.5. The smallest absolute Gasteiger partial charge is 0.00916 e. The first-order chi connectivity index (χ1) is 7.09. The molecule has 80 valence electrons. The number of hydrogen-bond donors (Lipinski definition) is 0. The zero-order chi connectivity index (χ0) is 10.9. The van der Waals surface area contributed by atoms with Gasteiger partial charge < -0.3 is 0 Å². The van der Waals surface area contributed by atoms with Crippen molar-refractivity contribution in [1.29, 1.82) is 0 Å². The third-order valence-electron chi connectivity index (χ3n) is 3.14. The fraction of sp³-hybridized carbons (Fsp3) is 0.467. The molecule has 0 N–H and O–H groups in total. The maximum Gasteiger partial charge on any atom is -0.00916 e. The Hall–Kier alpha value is -1.04. The SMILES string of the molecule is CC(C)(C)C1=CC=CCC2=C1CCC=C2. The lowest BCUT2D eigenvalue weighted by Crippen LogP contribution is -2.13. The molecular formula is C15H20. The highest BCUT2D eigenvalue weighted by molar-refractivity contribution is 5.48. The fourth-order valence-electron chi connectivity index (χ4n) is 2.38. The molecule has 2 rings (SSSR count). The van der Waals surface area contributed by atoms with E-state index in [1.807, 2.05) is 0 Å². The summed E-state index contributed by atoms with van der Waals surface area (Å²) in [5.74, 6) is 0. The second-order valence-corrected chi connectivity index (χ2v) is 5.41. The minimum atomic E-state index is 0.264. The Bertz CT molecular complexity index is 367. The van der Waals surface area contributed by atoms with Crippen molar-refractivity contribution >= 4 is 0 Å². The molecule has 2 aliphatic rings. The summed E-state index contributed by atoms with van der Waals surface area (Å²) >= 11 is 0. The molecule has 0 aromatic rings. The van der Waals surface area contributed by atoms with Crippen molar-refractivity contribution in [3.8, 4) is 0 Å². The number of rotatable bonds is 0. The molecule has 0 aromatic heterocycles. The Morgan fingerprint density at radius 2 is 1.93 bits per heavy atom. The summed E-state index contributed by atoms with van der Waals surface area (Å²) < 4.78 is 0. The van der Waals surface area contributed by atoms with Crippen molar-refractivity contribution in [1.82, 2.24) is 0 Å². The van der Waals surface area contributed by atoms with Crippen LogP contribution >= 0.6 is 0 Å². The van der Waals surface area contributed by atoms with Gasteiger partial charge in [0, 0.05) is 0 Å². The first-order valence-electron chi connectivity index (χ1n) is 5.85. The van der Waals surface area contributed by atoms with Crippen molar-refractivity contribution in [3.63, 3.8) is 0 Å². The zero-order valence-corrected chi connectivity index (χ0v) is 10.0. The third kappa shape index (κ3) is 2.14. The minimum absolute atomic E-state index is 0.264. The van der Waals surface area contributed by atoms with E-state index >= 15 is 0 Å². The minimum Gasteiger partial charge on any atom is -0.0839 e. The summed E-state index contributed by atoms with van der Waals surface area (Å²) in [5, 5.41) is 0. The van der Waals surface area contributed by atoms with Crippen LogP contribution in [0.5, 0.6) is 0 Å². The molecule has 0 aliphatic heterocycles. The predicted octanol–water partition coefficient (Wildman–Crippen LogP) is 4.57. The lowest BCUT2D eigenvalue weighted by Gasteiger charge is -2.27. The van der Waals surface area contributed by atoms with Crippen LogP contribution in [-0.4, -0.2) is 0 Å². The zero-order valence-electron chi connectivity index (χ0n) is 10.0. The van der Waals surface area contributed by atoms with Crippen molar-refractivity contribution in [3.05, 3.63) is 47.1 Å². The van der Waals surface area contributed by atoms with Gasteiger partial charge in [-0.05, 0) is 41.4 Å². The van der Waals surface area contributed by atoms with E-state index in [9.17, 15) is 0 Å². The summed E-state index contributed by atoms with van der Waals surface area (Å²) in [6.45, 7) is 6.92. The van der Waals surface area contributed by atoms with Gasteiger partial charge in [0.1, 0.15) is 0 Å². The van der Waals surface area contributed by atoms with Gasteiger partial charge >= 0.3 is 0 Å². The predicted molar refractivity (Wildman–Crippen MR) is 66.7 cm³/mol. The fourth-order valence-corrected chi connectivity index (χ4v) is 2.38. The Labute approximate surface area is 93.1 Å². The Morgan fingerprint density at radius 1 is 1.13 bits per heavy atom. The van der Waals surface area contributed by atoms with Crippen LogP contribution in [0.15, 0.2) is 47.1 Å². The Kier molecular flexibility index (Phi) is 2.68. The van der Waals surface area contributed by atoms with Gasteiger partial charge in [-0.3, -0.25) is 0 Å². The molecule has 0 heterocycles. The lowest BCUT2D eigenvalue weighted by molar-refractivity contribution is 0.505. The molecule has 0 aromatic carbocycles. The van der Waals surface area contributed by atoms with E-state index < -0.39 is 0 Å². The van der Waals surface area contributed by atoms with E-state index in [1.165, 1.54) is 24.0 Å². The first-order valence-corrected chi connectivity index (χ1v) is 5.85. The highest BCUT2D eigenvalue weighted by atomic mass is 14.3. The largest absolute Gasteiger partial charge is 0.0839 e. The maximum atomic E-state index is 2.31. The Balaban J connectivity index is 2.47. The molecule has 0 amide bonds. The molecule has 0 saturated heterocycles. The molecule has 0 heteroatoms. The molecule has 2 aliphatic carbocycles. The van der Waals surface area contributed by atoms with E-state index in [1.54, 1.807) is 5.57 Å². The molecule has 0 spiro atoms. The molecule has 0 atom stereocenters. The van der Waals surface area contributed by atoms with Crippen molar-refractivity contribution in [2.75, 3.05) is 0 Å². The van der Waals surface area contributed by atoms with Crippen LogP contribution in [0.4, 0.5) is 0 Å². The van der Waals surface area contributed by atoms with E-state index in [4.69, 9.17) is 0 Å². The van der Waals surface area contributed by atoms with Crippen LogP contribution in [0.25, 0.3) is 0 Å². The second kappa shape index (κ2) is 3.84. The molecule has 0 unspecified atom stereocenters. The summed E-state index contributed by atoms with van der Waals surface area (Å²) in [6.07, 6.45) is 14.9. The quantitative estimate of drug-likeness (QED) is 0.537. The molecular weight excluding hydrogens is 180 g/mol. The van der Waals surface area contributed by atoms with E-state index in [-0.39, 0.29) is 5.41 Å². The van der Waals surface area contributed by atoms with Gasteiger partial charge in [0.25, 0.3) is 0 Å². The Morgan fingerprint density at radius 3 is 2.67 bits per heavy atom. The van der Waals surface area contributed by atoms with Gasteiger partial charge in [0.15, 0.2) is 0 Å². The standard InChI is InChI=1S/C15H20/c1-15(2,3)14-11-7-5-9-12-8-4-6-10-13(12)14/h4-5,7-8,11H,6,9-10H2,1-3H3. The van der Waals surface area contributed by atoms with Gasteiger partial charge in [-0.25, -0.2) is 0 Å². The normalized spacial score (nSPS) is 21.1. The number of hydrogen-bond acceptors (Lipinski definition) is 0. The van der Waals surface area contributed by atoms with Crippen LogP contribution in [-0.2, 0) is 0 Å². The van der Waals surface area contributed by atoms with Crippen molar-refractivity contribution in [2.45, 2.75) is 40.0 Å².